The van der Waals surface area contributed by atoms with Gasteiger partial charge in [-0.3, -0.25) is 0 Å². The Labute approximate surface area is 336 Å². The number of hydrogen-bond acceptors (Lipinski definition) is 9. The molecule has 0 atom stereocenters. The molecule has 312 valence electrons. The molecule has 0 saturated carbocycles. The Bertz CT molecular complexity index is 2330. The van der Waals surface area contributed by atoms with Gasteiger partial charge in [-0.15, -0.1) is 0 Å². The Morgan fingerprint density at radius 2 is 0.500 bits per heavy atom. The van der Waals surface area contributed by atoms with Crippen molar-refractivity contribution in [3.8, 4) is 34.5 Å². The summed E-state index contributed by atoms with van der Waals surface area (Å²) in [6, 6.07) is 33.0. The van der Waals surface area contributed by atoms with Crippen LogP contribution in [0.15, 0.2) is 177 Å². The third-order valence-corrected chi connectivity index (χ3v) is 15.9. The number of halogens is 9. The zero-order valence-corrected chi connectivity index (χ0v) is 32.8. The van der Waals surface area contributed by atoms with E-state index in [4.69, 9.17) is 27.1 Å². The minimum Gasteiger partial charge on any atom is -0.413 e. The van der Waals surface area contributed by atoms with E-state index in [1.54, 1.807) is 18.2 Å². The fraction of sp³-hybridized carbons (Fsp3) is 0.0769. The number of nitrogens with zero attached hydrogens (tertiary/aromatic N) is 3. The molecule has 0 fully saturated rings. The van der Waals surface area contributed by atoms with Crippen molar-refractivity contribution >= 4 is 23.0 Å². The quantitative estimate of drug-likeness (QED) is 0.0897. The lowest BCUT2D eigenvalue weighted by atomic mass is 10.2. The van der Waals surface area contributed by atoms with E-state index in [0.717, 1.165) is 54.6 Å². The maximum absolute atomic E-state index is 14.1. The van der Waals surface area contributed by atoms with Crippen LogP contribution in [0.25, 0.3) is 0 Å². The molecule has 0 bridgehead atoms. The zero-order valence-electron chi connectivity index (χ0n) is 30.1. The highest BCUT2D eigenvalue weighted by atomic mass is 31.3. The summed E-state index contributed by atoms with van der Waals surface area (Å²) in [5.41, 5.74) is -3.49. The second kappa shape index (κ2) is 16.7. The summed E-state index contributed by atoms with van der Waals surface area (Å²) in [4.78, 5) is 0. The molecule has 9 nitrogen and oxygen atoms in total. The molecular weight excluding hydrogens is 870 g/mol. The highest BCUT2D eigenvalue weighted by Gasteiger charge is 2.49. The molecule has 60 heavy (non-hydrogen) atoms. The average molecular weight is 898 g/mol. The molecule has 6 aromatic rings. The highest BCUT2D eigenvalue weighted by Crippen LogP contribution is 2.78. The maximum Gasteiger partial charge on any atom is 0.460 e. The second-order valence-electron chi connectivity index (χ2n) is 12.3. The summed E-state index contributed by atoms with van der Waals surface area (Å²) in [5.74, 6) is -1.75. The van der Waals surface area contributed by atoms with Gasteiger partial charge in [0.25, 0.3) is 0 Å². The van der Waals surface area contributed by atoms with Crippen LogP contribution in [0.3, 0.4) is 0 Å². The van der Waals surface area contributed by atoms with Crippen LogP contribution in [0.4, 0.5) is 39.5 Å². The van der Waals surface area contributed by atoms with Crippen molar-refractivity contribution in [2.75, 3.05) is 0 Å². The van der Waals surface area contributed by atoms with Crippen LogP contribution in [0, 0.1) is 0 Å². The monoisotopic (exact) mass is 897 g/mol. The lowest BCUT2D eigenvalue weighted by Crippen LogP contribution is -2.12. The van der Waals surface area contributed by atoms with Gasteiger partial charge in [-0.05, 0) is 91.0 Å². The van der Waals surface area contributed by atoms with E-state index < -0.39 is 75.4 Å². The smallest absolute Gasteiger partial charge is 0.413 e. The molecule has 0 saturated heterocycles. The van der Waals surface area contributed by atoms with E-state index in [-0.39, 0.29) is 17.2 Å². The normalized spacial score (nSPS) is 20.4. The topological polar surface area (TPSA) is 92.5 Å². The standard InChI is InChI=1S/C39H27F9N3O6P3/c40-37(41,42)28-13-10-22-34(25-28)55-58(52-31-16-4-1-5-17-31)49-59(53-32-18-6-2-7-19-32,56-35-23-11-14-29(26-35)38(43,44)45)51-60(50-58,54-33-20-8-3-9-21-33)57-36-24-12-15-30(27-36)39(46,47)48/h1-27H. The lowest BCUT2D eigenvalue weighted by Gasteiger charge is -2.33. The van der Waals surface area contributed by atoms with E-state index in [9.17, 15) is 39.5 Å². The highest BCUT2D eigenvalue weighted by molar-refractivity contribution is 7.79. The lowest BCUT2D eigenvalue weighted by molar-refractivity contribution is -0.138. The van der Waals surface area contributed by atoms with Crippen LogP contribution < -0.4 is 27.1 Å². The summed E-state index contributed by atoms with van der Waals surface area (Å²) in [6.45, 7) is 0. The van der Waals surface area contributed by atoms with Crippen LogP contribution in [0.1, 0.15) is 16.7 Å². The van der Waals surface area contributed by atoms with Gasteiger partial charge in [-0.2, -0.15) is 39.5 Å². The second-order valence-corrected chi connectivity index (χ2v) is 18.5. The first-order valence-electron chi connectivity index (χ1n) is 17.2. The van der Waals surface area contributed by atoms with Gasteiger partial charge >= 0.3 is 41.5 Å². The number of benzene rings is 6. The summed E-state index contributed by atoms with van der Waals surface area (Å²) >= 11 is 0. The molecule has 0 radical (unpaired) electrons. The third kappa shape index (κ3) is 10.5. The van der Waals surface area contributed by atoms with Crippen LogP contribution in [0.2, 0.25) is 0 Å². The van der Waals surface area contributed by atoms with Crippen molar-refractivity contribution in [3.05, 3.63) is 180 Å². The zero-order chi connectivity index (χ0) is 42.7. The molecule has 21 heteroatoms. The number of para-hydroxylation sites is 3. The molecule has 1 aliphatic heterocycles. The van der Waals surface area contributed by atoms with Crippen molar-refractivity contribution in [1.82, 2.24) is 0 Å². The Kier molecular flexibility index (Phi) is 11.8. The molecule has 0 spiro atoms. The Morgan fingerprint density at radius 3 is 0.733 bits per heavy atom. The first-order chi connectivity index (χ1) is 28.4. The molecule has 1 heterocycles. The molecular formula is C39H27F9N3O6P3. The fourth-order valence-electron chi connectivity index (χ4n) is 5.21. The molecule has 7 rings (SSSR count). The predicted molar refractivity (Wildman–Crippen MR) is 205 cm³/mol. The molecule has 0 aliphatic carbocycles. The molecule has 6 aromatic carbocycles. The Balaban J connectivity index is 1.59. The largest absolute Gasteiger partial charge is 0.460 e. The van der Waals surface area contributed by atoms with Crippen LogP contribution in [0.5, 0.6) is 34.5 Å². The van der Waals surface area contributed by atoms with Crippen molar-refractivity contribution in [1.29, 1.82) is 0 Å². The summed E-state index contributed by atoms with van der Waals surface area (Å²) in [7, 11) is -14.5. The molecule has 0 N–H and O–H groups in total. The SMILES string of the molecule is FC(F)(F)c1cccc(OP2(Oc3ccccc3)=NP(Oc3ccccc3)(Oc3cccc(C(F)(F)F)c3)=NP(Oc3ccccc3)(Oc3cccc(C(F)(F)F)c3)=N2)c1. The Hall–Kier alpha value is -5.82. The minimum absolute atomic E-state index is 0.0547. The third-order valence-electron chi connectivity index (χ3n) is 7.74. The van der Waals surface area contributed by atoms with Crippen molar-refractivity contribution in [2.24, 2.45) is 13.5 Å². The number of hydrogen-bond donors (Lipinski definition) is 0. The van der Waals surface area contributed by atoms with Gasteiger partial charge in [0, 0.05) is 0 Å². The van der Waals surface area contributed by atoms with Crippen LogP contribution in [-0.2, 0) is 18.5 Å². The van der Waals surface area contributed by atoms with Gasteiger partial charge in [-0.1, -0.05) is 86.3 Å². The van der Waals surface area contributed by atoms with Gasteiger partial charge in [0.05, 0.1) is 16.7 Å². The number of rotatable bonds is 12. The first-order valence-corrected chi connectivity index (χ1v) is 21.8. The summed E-state index contributed by atoms with van der Waals surface area (Å²) < 4.78 is 179. The van der Waals surface area contributed by atoms with E-state index in [0.29, 0.717) is 18.2 Å². The summed E-state index contributed by atoms with van der Waals surface area (Å²) in [5, 5.41) is 0. The fourth-order valence-corrected chi connectivity index (χ4v) is 14.3. The van der Waals surface area contributed by atoms with Gasteiger partial charge < -0.3 is 27.1 Å². The average Bonchev–Trinajstić information content (AvgIpc) is 3.18. The number of alkyl halides is 9. The summed E-state index contributed by atoms with van der Waals surface area (Å²) in [6.07, 6.45) is -14.6. The van der Waals surface area contributed by atoms with Crippen LogP contribution >= 0.6 is 23.0 Å². The molecule has 1 aliphatic rings. The minimum atomic E-state index is -4.87. The maximum atomic E-state index is 14.1. The molecule has 0 amide bonds. The van der Waals surface area contributed by atoms with Gasteiger partial charge in [0.1, 0.15) is 34.5 Å². The first kappa shape index (κ1) is 42.3. The molecule has 0 aromatic heterocycles. The van der Waals surface area contributed by atoms with Gasteiger partial charge in [-0.25, -0.2) is 0 Å². The van der Waals surface area contributed by atoms with Crippen molar-refractivity contribution in [2.45, 2.75) is 18.5 Å². The van der Waals surface area contributed by atoms with E-state index in [1.807, 2.05) is 0 Å². The van der Waals surface area contributed by atoms with Crippen molar-refractivity contribution in [3.63, 3.8) is 0 Å². The van der Waals surface area contributed by atoms with Gasteiger partial charge in [0.15, 0.2) is 0 Å². The Morgan fingerprint density at radius 1 is 0.283 bits per heavy atom. The van der Waals surface area contributed by atoms with E-state index in [1.165, 1.54) is 72.8 Å². The van der Waals surface area contributed by atoms with Gasteiger partial charge in [0.2, 0.25) is 0 Å². The van der Waals surface area contributed by atoms with Crippen LogP contribution in [-0.4, -0.2) is 0 Å². The predicted octanol–water partition coefficient (Wildman–Crippen LogP) is 15.4. The molecule has 0 unspecified atom stereocenters. The van der Waals surface area contributed by atoms with Crippen molar-refractivity contribution < 1.29 is 66.7 Å². The van der Waals surface area contributed by atoms with E-state index in [2.05, 4.69) is 13.5 Å². The van der Waals surface area contributed by atoms with E-state index >= 15 is 0 Å².